The third-order valence-electron chi connectivity index (χ3n) is 5.89. The van der Waals surface area contributed by atoms with Crippen molar-refractivity contribution in [2.24, 2.45) is 4.99 Å². The van der Waals surface area contributed by atoms with Crippen LogP contribution in [0.5, 0.6) is 5.88 Å². The van der Waals surface area contributed by atoms with E-state index in [0.29, 0.717) is 28.2 Å². The first-order valence-electron chi connectivity index (χ1n) is 11.3. The first kappa shape index (κ1) is 20.5. The molecule has 174 valence electrons. The van der Waals surface area contributed by atoms with E-state index in [1.807, 2.05) is 18.2 Å². The standard InChI is InChI=1S/C23H24N8O3/c32-22-18(27-23(33)29-22)11-14-13-24-31-20(26-16-1-2-16)12-19(28-21(14)31)25-15-3-5-17(6-4-15)30-7-9-34-10-8-30/h3-6,11-13,16,25,32H,1-2,7-10H2,(H2,27,29,33)/b14-11+,26-20?. The Kier molecular flexibility index (Phi) is 5.02. The summed E-state index contributed by atoms with van der Waals surface area (Å²) in [5, 5.41) is 18.4. The minimum atomic E-state index is -0.486. The van der Waals surface area contributed by atoms with Crippen LogP contribution in [0.4, 0.5) is 17.2 Å². The van der Waals surface area contributed by atoms with Crippen LogP contribution < -0.4 is 26.6 Å². The summed E-state index contributed by atoms with van der Waals surface area (Å²) in [5.74, 6) is 0.398. The van der Waals surface area contributed by atoms with Crippen LogP contribution in [0.3, 0.4) is 0 Å². The lowest BCUT2D eigenvalue weighted by atomic mass is 10.2. The molecule has 6 rings (SSSR count). The van der Waals surface area contributed by atoms with Gasteiger partial charge in [-0.05, 0) is 43.2 Å². The van der Waals surface area contributed by atoms with Crippen molar-refractivity contribution in [3.8, 4) is 5.88 Å². The third kappa shape index (κ3) is 4.13. The number of nitrogens with zero attached hydrogens (tertiary/aromatic N) is 5. The van der Waals surface area contributed by atoms with Crippen molar-refractivity contribution >= 4 is 28.9 Å². The van der Waals surface area contributed by atoms with Gasteiger partial charge in [0.2, 0.25) is 5.88 Å². The SMILES string of the molecule is O=c1[nH]c(O)c(/C=c2\cnn3c(=NC4CC4)cc(Nc4ccc(N5CCOCC5)cc4)nc23)[nH]1. The fourth-order valence-corrected chi connectivity index (χ4v) is 3.99. The van der Waals surface area contributed by atoms with Crippen molar-refractivity contribution in [2.75, 3.05) is 36.5 Å². The van der Waals surface area contributed by atoms with Gasteiger partial charge in [0.1, 0.15) is 11.5 Å². The molecule has 1 saturated heterocycles. The number of benzene rings is 1. The summed E-state index contributed by atoms with van der Waals surface area (Å²) in [6.45, 7) is 3.27. The van der Waals surface area contributed by atoms with E-state index in [-0.39, 0.29) is 11.6 Å². The summed E-state index contributed by atoms with van der Waals surface area (Å²) in [5.41, 5.74) is 3.11. The van der Waals surface area contributed by atoms with Crippen molar-refractivity contribution in [3.05, 3.63) is 63.4 Å². The number of anilines is 3. The average molecular weight is 460 g/mol. The molecule has 11 nitrogen and oxygen atoms in total. The van der Waals surface area contributed by atoms with E-state index < -0.39 is 5.69 Å². The maximum atomic E-state index is 11.5. The van der Waals surface area contributed by atoms with Crippen molar-refractivity contribution in [2.45, 2.75) is 18.9 Å². The molecule has 0 amide bonds. The number of aromatic amines is 2. The zero-order valence-electron chi connectivity index (χ0n) is 18.4. The molecule has 1 saturated carbocycles. The second kappa shape index (κ2) is 8.34. The lowest BCUT2D eigenvalue weighted by molar-refractivity contribution is 0.122. The highest BCUT2D eigenvalue weighted by Gasteiger charge is 2.20. The number of H-pyrrole nitrogens is 2. The van der Waals surface area contributed by atoms with Crippen LogP contribution >= 0.6 is 0 Å². The van der Waals surface area contributed by atoms with Crippen LogP contribution in [0.25, 0.3) is 11.7 Å². The van der Waals surface area contributed by atoms with E-state index >= 15 is 0 Å². The molecule has 4 N–H and O–H groups in total. The lowest BCUT2D eigenvalue weighted by Crippen LogP contribution is -2.36. The quantitative estimate of drug-likeness (QED) is 0.343. The summed E-state index contributed by atoms with van der Waals surface area (Å²) in [6.07, 6.45) is 5.40. The minimum absolute atomic E-state index is 0.234. The molecule has 0 bridgehead atoms. The Hall–Kier alpha value is -4.12. The summed E-state index contributed by atoms with van der Waals surface area (Å²) in [7, 11) is 0. The predicted octanol–water partition coefficient (Wildman–Crippen LogP) is 0.642. The fraction of sp³-hybridized carbons (Fsp3) is 0.304. The number of imidazole rings is 1. The molecule has 4 aromatic rings. The molecule has 2 aliphatic rings. The molecule has 11 heteroatoms. The highest BCUT2D eigenvalue weighted by atomic mass is 16.5. The van der Waals surface area contributed by atoms with Crippen LogP contribution in [0.2, 0.25) is 0 Å². The van der Waals surface area contributed by atoms with Gasteiger partial charge in [-0.25, -0.2) is 9.78 Å². The molecular weight excluding hydrogens is 436 g/mol. The Morgan fingerprint density at radius 2 is 1.97 bits per heavy atom. The molecule has 0 atom stereocenters. The van der Waals surface area contributed by atoms with Crippen LogP contribution in [0.1, 0.15) is 18.5 Å². The number of ether oxygens (including phenoxy) is 1. The van der Waals surface area contributed by atoms with Gasteiger partial charge in [-0.1, -0.05) is 0 Å². The van der Waals surface area contributed by atoms with Crippen molar-refractivity contribution < 1.29 is 9.84 Å². The topological polar surface area (TPSA) is 136 Å². The number of hydrogen-bond donors (Lipinski definition) is 4. The number of aromatic hydroxyl groups is 1. The second-order valence-corrected chi connectivity index (χ2v) is 8.45. The summed E-state index contributed by atoms with van der Waals surface area (Å²) < 4.78 is 7.12. The van der Waals surface area contributed by atoms with E-state index in [0.717, 1.165) is 50.5 Å². The molecule has 1 aliphatic heterocycles. The summed E-state index contributed by atoms with van der Waals surface area (Å²) >= 11 is 0. The van der Waals surface area contributed by atoms with E-state index in [9.17, 15) is 9.90 Å². The maximum Gasteiger partial charge on any atom is 0.326 e. The highest BCUT2D eigenvalue weighted by molar-refractivity contribution is 5.63. The zero-order chi connectivity index (χ0) is 23.1. The number of nitrogens with one attached hydrogen (secondary N) is 3. The third-order valence-corrected chi connectivity index (χ3v) is 5.89. The average Bonchev–Trinajstić information content (AvgIpc) is 3.48. The van der Waals surface area contributed by atoms with E-state index in [1.165, 1.54) is 0 Å². The van der Waals surface area contributed by atoms with Gasteiger partial charge >= 0.3 is 5.69 Å². The summed E-state index contributed by atoms with van der Waals surface area (Å²) in [6, 6.07) is 10.4. The normalized spacial score (nSPS) is 17.6. The van der Waals surface area contributed by atoms with E-state index in [4.69, 9.17) is 14.7 Å². The van der Waals surface area contributed by atoms with Crippen molar-refractivity contribution in [1.29, 1.82) is 0 Å². The number of fused-ring (bicyclic) bond motifs is 1. The van der Waals surface area contributed by atoms with Gasteiger partial charge in [0.25, 0.3) is 0 Å². The number of hydrogen-bond acceptors (Lipinski definition) is 8. The molecular formula is C23H24N8O3. The van der Waals surface area contributed by atoms with Gasteiger partial charge in [-0.2, -0.15) is 9.61 Å². The van der Waals surface area contributed by atoms with Crippen LogP contribution in [-0.4, -0.2) is 62.0 Å². The smallest absolute Gasteiger partial charge is 0.326 e. The van der Waals surface area contributed by atoms with Gasteiger partial charge in [-0.15, -0.1) is 0 Å². The number of morpholine rings is 1. The van der Waals surface area contributed by atoms with E-state index in [1.54, 1.807) is 16.8 Å². The lowest BCUT2D eigenvalue weighted by Gasteiger charge is -2.28. The van der Waals surface area contributed by atoms with Crippen molar-refractivity contribution in [1.82, 2.24) is 24.6 Å². The Bertz CT molecular complexity index is 1510. The van der Waals surface area contributed by atoms with Crippen LogP contribution in [-0.2, 0) is 4.74 Å². The molecule has 1 aliphatic carbocycles. The monoisotopic (exact) mass is 460 g/mol. The van der Waals surface area contributed by atoms with Gasteiger partial charge < -0.3 is 25.0 Å². The highest BCUT2D eigenvalue weighted by Crippen LogP contribution is 2.23. The zero-order valence-corrected chi connectivity index (χ0v) is 18.4. The summed E-state index contributed by atoms with van der Waals surface area (Å²) in [4.78, 5) is 28.2. The first-order chi connectivity index (χ1) is 16.6. The molecule has 3 aromatic heterocycles. The molecule has 0 spiro atoms. The Balaban J connectivity index is 1.37. The molecule has 4 heterocycles. The minimum Gasteiger partial charge on any atom is -0.493 e. The predicted molar refractivity (Wildman–Crippen MR) is 126 cm³/mol. The number of rotatable bonds is 5. The molecule has 2 fully saturated rings. The van der Waals surface area contributed by atoms with Gasteiger partial charge in [0, 0.05) is 35.7 Å². The number of aromatic nitrogens is 5. The largest absolute Gasteiger partial charge is 0.493 e. The van der Waals surface area contributed by atoms with Crippen molar-refractivity contribution in [3.63, 3.8) is 0 Å². The first-order valence-corrected chi connectivity index (χ1v) is 11.3. The Morgan fingerprint density at radius 1 is 1.18 bits per heavy atom. The van der Waals surface area contributed by atoms with E-state index in [2.05, 4.69) is 37.4 Å². The van der Waals surface area contributed by atoms with Gasteiger partial charge in [0.15, 0.2) is 11.1 Å². The van der Waals surface area contributed by atoms with Crippen LogP contribution in [0, 0.1) is 0 Å². The van der Waals surface area contributed by atoms with Crippen LogP contribution in [0.15, 0.2) is 46.3 Å². The fourth-order valence-electron chi connectivity index (χ4n) is 3.99. The molecule has 0 unspecified atom stereocenters. The molecule has 1 aromatic carbocycles. The molecule has 0 radical (unpaired) electrons. The van der Waals surface area contributed by atoms with Gasteiger partial charge in [0.05, 0.1) is 25.5 Å². The Labute approximate surface area is 193 Å². The van der Waals surface area contributed by atoms with Gasteiger partial charge in [-0.3, -0.25) is 9.98 Å². The maximum absolute atomic E-state index is 11.5. The Morgan fingerprint density at radius 3 is 2.68 bits per heavy atom. The molecule has 34 heavy (non-hydrogen) atoms. The second-order valence-electron chi connectivity index (χ2n) is 8.45.